The Morgan fingerprint density at radius 3 is 2.31 bits per heavy atom. The van der Waals surface area contributed by atoms with E-state index in [4.69, 9.17) is 47.6 Å². The summed E-state index contributed by atoms with van der Waals surface area (Å²) in [5.41, 5.74) is 29.7. The summed E-state index contributed by atoms with van der Waals surface area (Å²) in [5, 5.41) is 55.6. The summed E-state index contributed by atoms with van der Waals surface area (Å²) >= 11 is 0. The SMILES string of the molecule is NCCCNC[C@@H]1CC[C@@H](N)[C@@H](OC2[C@@H](N)C[C@@H](CC(=O)[C@@H](O)CCN)[C@H](O[C@H]3O[C@H](CO)[C@@H](O)[C@H](N)[C@H]3O)[C@H]2O)O1. The van der Waals surface area contributed by atoms with Gasteiger partial charge in [-0.15, -0.1) is 0 Å². The number of carbonyl (C=O) groups excluding carboxylic acids is 1. The van der Waals surface area contributed by atoms with Gasteiger partial charge in [-0.25, -0.2) is 0 Å². The lowest BCUT2D eigenvalue weighted by molar-refractivity contribution is -0.318. The van der Waals surface area contributed by atoms with Crippen LogP contribution in [0.3, 0.4) is 0 Å². The molecule has 246 valence electrons. The number of hydrogen-bond acceptors (Lipinski definition) is 16. The van der Waals surface area contributed by atoms with Crippen LogP contribution in [0.25, 0.3) is 0 Å². The van der Waals surface area contributed by atoms with E-state index in [0.29, 0.717) is 25.9 Å². The molecule has 42 heavy (non-hydrogen) atoms. The van der Waals surface area contributed by atoms with Crippen molar-refractivity contribution in [1.29, 1.82) is 0 Å². The Hall–Kier alpha value is -0.930. The predicted octanol–water partition coefficient (Wildman–Crippen LogP) is -5.33. The minimum atomic E-state index is -1.52. The van der Waals surface area contributed by atoms with Crippen molar-refractivity contribution in [3.63, 3.8) is 0 Å². The van der Waals surface area contributed by atoms with E-state index in [1.54, 1.807) is 0 Å². The molecule has 14 atom stereocenters. The first kappa shape index (κ1) is 35.5. The van der Waals surface area contributed by atoms with Crippen LogP contribution in [0.5, 0.6) is 0 Å². The zero-order chi connectivity index (χ0) is 31.0. The third-order valence-corrected chi connectivity index (χ3v) is 8.36. The highest BCUT2D eigenvalue weighted by atomic mass is 16.7. The van der Waals surface area contributed by atoms with Gasteiger partial charge in [0, 0.05) is 19.0 Å². The molecular weight excluding hydrogens is 556 g/mol. The molecule has 2 heterocycles. The van der Waals surface area contributed by atoms with Gasteiger partial charge in [0.1, 0.15) is 36.6 Å². The second kappa shape index (κ2) is 17.0. The van der Waals surface area contributed by atoms with Crippen molar-refractivity contribution in [2.45, 2.75) is 118 Å². The van der Waals surface area contributed by atoms with Gasteiger partial charge in [-0.3, -0.25) is 4.79 Å². The molecule has 0 bridgehead atoms. The summed E-state index contributed by atoms with van der Waals surface area (Å²) in [5.74, 6) is -1.23. The molecule has 2 aliphatic heterocycles. The number of nitrogens with one attached hydrogen (secondary N) is 1. The van der Waals surface area contributed by atoms with E-state index in [1.165, 1.54) is 0 Å². The highest BCUT2D eigenvalue weighted by Crippen LogP contribution is 2.36. The first-order chi connectivity index (χ1) is 20.0. The number of rotatable bonds is 15. The average molecular weight is 609 g/mol. The van der Waals surface area contributed by atoms with Crippen LogP contribution in [0, 0.1) is 5.92 Å². The van der Waals surface area contributed by atoms with Gasteiger partial charge in [-0.2, -0.15) is 0 Å². The van der Waals surface area contributed by atoms with Gasteiger partial charge in [-0.1, -0.05) is 0 Å². The molecule has 3 rings (SSSR count). The third-order valence-electron chi connectivity index (χ3n) is 8.36. The van der Waals surface area contributed by atoms with Crippen molar-refractivity contribution >= 4 is 5.78 Å². The molecule has 0 aromatic heterocycles. The number of hydrogen-bond donors (Lipinski definition) is 11. The Morgan fingerprint density at radius 2 is 1.64 bits per heavy atom. The molecule has 16 N–H and O–H groups in total. The van der Waals surface area contributed by atoms with Gasteiger partial charge < -0.3 is 78.5 Å². The van der Waals surface area contributed by atoms with E-state index in [1.807, 2.05) is 0 Å². The summed E-state index contributed by atoms with van der Waals surface area (Å²) in [4.78, 5) is 12.8. The molecule has 16 nitrogen and oxygen atoms in total. The van der Waals surface area contributed by atoms with E-state index in [0.717, 1.165) is 13.0 Å². The number of aliphatic hydroxyl groups excluding tert-OH is 5. The molecule has 0 spiro atoms. The van der Waals surface area contributed by atoms with Gasteiger partial charge in [0.05, 0.1) is 30.9 Å². The minimum absolute atomic E-state index is 0.0615. The van der Waals surface area contributed by atoms with Crippen molar-refractivity contribution in [3.05, 3.63) is 0 Å². The molecule has 0 amide bonds. The van der Waals surface area contributed by atoms with E-state index < -0.39 is 91.7 Å². The monoisotopic (exact) mass is 608 g/mol. The van der Waals surface area contributed by atoms with Crippen molar-refractivity contribution in [1.82, 2.24) is 5.32 Å². The normalized spacial score (nSPS) is 41.9. The molecule has 1 aliphatic carbocycles. The third kappa shape index (κ3) is 9.06. The van der Waals surface area contributed by atoms with Gasteiger partial charge >= 0.3 is 0 Å². The summed E-state index contributed by atoms with van der Waals surface area (Å²) in [6.07, 6.45) is -9.37. The lowest BCUT2D eigenvalue weighted by Gasteiger charge is -2.48. The van der Waals surface area contributed by atoms with Crippen molar-refractivity contribution in [3.8, 4) is 0 Å². The maximum Gasteiger partial charge on any atom is 0.186 e. The quantitative estimate of drug-likeness (QED) is 0.0773. The van der Waals surface area contributed by atoms with Crippen LogP contribution in [-0.4, -0.2) is 144 Å². The fourth-order valence-corrected chi connectivity index (χ4v) is 5.81. The van der Waals surface area contributed by atoms with Gasteiger partial charge in [0.2, 0.25) is 0 Å². The molecule has 0 aromatic rings. The molecule has 2 saturated heterocycles. The van der Waals surface area contributed by atoms with E-state index >= 15 is 0 Å². The highest BCUT2D eigenvalue weighted by molar-refractivity contribution is 5.83. The Kier molecular flexibility index (Phi) is 14.3. The topological polar surface area (TPSA) is 297 Å². The largest absolute Gasteiger partial charge is 0.394 e. The van der Waals surface area contributed by atoms with E-state index in [-0.39, 0.29) is 31.9 Å². The van der Waals surface area contributed by atoms with E-state index in [2.05, 4.69) is 5.32 Å². The average Bonchev–Trinajstić information content (AvgIpc) is 2.96. The van der Waals surface area contributed by atoms with Crippen LogP contribution in [-0.2, 0) is 23.7 Å². The second-order valence-corrected chi connectivity index (χ2v) is 11.6. The molecular formula is C26H52N6O10. The standard InChI is InChI=1S/C26H52N6O10/c27-5-1-7-32-10-13-2-3-14(29)25(39-13)42-24-15(30)8-12(9-17(35)16(34)4-6-28)23(22(24)38)41-26-21(37)19(31)20(36)18(11-33)40-26/h12-16,18-26,32-34,36-38H,1-11,27-31H2/t12-,13-,14+,15-,16-,18+,19-,20+,21+,22+,23-,24?,25+,26+/m0/s1. The molecule has 16 heteroatoms. The Bertz CT molecular complexity index is 818. The van der Waals surface area contributed by atoms with Gasteiger partial charge in [0.15, 0.2) is 18.4 Å². The van der Waals surface area contributed by atoms with Crippen molar-refractivity contribution in [2.24, 2.45) is 34.6 Å². The van der Waals surface area contributed by atoms with Crippen LogP contribution in [0.4, 0.5) is 0 Å². The van der Waals surface area contributed by atoms with Crippen LogP contribution < -0.4 is 34.0 Å². The lowest BCUT2D eigenvalue weighted by Crippen LogP contribution is -2.66. The number of ether oxygens (including phenoxy) is 4. The van der Waals surface area contributed by atoms with E-state index in [9.17, 15) is 30.3 Å². The maximum atomic E-state index is 12.8. The van der Waals surface area contributed by atoms with Crippen molar-refractivity contribution < 1.29 is 49.3 Å². The Morgan fingerprint density at radius 1 is 0.929 bits per heavy atom. The molecule has 0 aromatic carbocycles. The maximum absolute atomic E-state index is 12.8. The second-order valence-electron chi connectivity index (χ2n) is 11.6. The lowest BCUT2D eigenvalue weighted by atomic mass is 9.76. The number of ketones is 1. The van der Waals surface area contributed by atoms with Crippen molar-refractivity contribution in [2.75, 3.05) is 32.8 Å². The highest BCUT2D eigenvalue weighted by Gasteiger charge is 2.51. The minimum Gasteiger partial charge on any atom is -0.394 e. The fourth-order valence-electron chi connectivity index (χ4n) is 5.81. The van der Waals surface area contributed by atoms with Gasteiger partial charge in [0.25, 0.3) is 0 Å². The van der Waals surface area contributed by atoms with Gasteiger partial charge in [-0.05, 0) is 57.7 Å². The zero-order valence-corrected chi connectivity index (χ0v) is 24.0. The molecule has 1 saturated carbocycles. The Balaban J connectivity index is 1.77. The number of Topliss-reactive ketones (excluding diaryl/α,β-unsaturated/α-hetero) is 1. The predicted molar refractivity (Wildman–Crippen MR) is 149 cm³/mol. The first-order valence-corrected chi connectivity index (χ1v) is 14.9. The summed E-state index contributed by atoms with van der Waals surface area (Å²) in [7, 11) is 0. The number of aliphatic hydroxyl groups is 5. The number of nitrogens with two attached hydrogens (primary N) is 5. The molecule has 3 aliphatic rings. The van der Waals surface area contributed by atoms with Crippen LogP contribution in [0.1, 0.15) is 38.5 Å². The fraction of sp³-hybridized carbons (Fsp3) is 0.962. The summed E-state index contributed by atoms with van der Waals surface area (Å²) in [6.45, 7) is 1.39. The zero-order valence-electron chi connectivity index (χ0n) is 24.0. The first-order valence-electron chi connectivity index (χ1n) is 14.9. The summed E-state index contributed by atoms with van der Waals surface area (Å²) < 4.78 is 23.9. The molecule has 1 unspecified atom stereocenters. The smallest absolute Gasteiger partial charge is 0.186 e. The van der Waals surface area contributed by atoms with Crippen LogP contribution >= 0.6 is 0 Å². The van der Waals surface area contributed by atoms with Crippen LogP contribution in [0.2, 0.25) is 0 Å². The Labute approximate surface area is 246 Å². The number of carbonyl (C=O) groups is 1. The molecule has 0 radical (unpaired) electrons. The summed E-state index contributed by atoms with van der Waals surface area (Å²) in [6, 6.07) is -2.47. The van der Waals surface area contributed by atoms with Crippen LogP contribution in [0.15, 0.2) is 0 Å². The molecule has 3 fully saturated rings.